The van der Waals surface area contributed by atoms with Crippen LogP contribution in [0.1, 0.15) is 27.6 Å². The van der Waals surface area contributed by atoms with Crippen molar-refractivity contribution in [1.29, 1.82) is 0 Å². The standard InChI is InChI=1S/C17H16Cl2N2O2/c1-11(21-17(23)13-7-3-5-9-15(13)19)10-20-16(22)12-6-2-4-8-14(12)18/h2-9,11H,10H2,1H3,(H,20,22)(H,21,23)/t11-/m1/s1. The van der Waals surface area contributed by atoms with Gasteiger partial charge in [0.15, 0.2) is 0 Å². The molecule has 1 atom stereocenters. The molecule has 0 unspecified atom stereocenters. The Kier molecular flexibility index (Phi) is 6.02. The topological polar surface area (TPSA) is 58.2 Å². The summed E-state index contributed by atoms with van der Waals surface area (Å²) in [7, 11) is 0. The van der Waals surface area contributed by atoms with Crippen LogP contribution in [-0.4, -0.2) is 24.4 Å². The molecule has 23 heavy (non-hydrogen) atoms. The molecule has 2 rings (SSSR count). The van der Waals surface area contributed by atoms with Gasteiger partial charge < -0.3 is 10.6 Å². The van der Waals surface area contributed by atoms with Gasteiger partial charge in [-0.3, -0.25) is 9.59 Å². The first kappa shape index (κ1) is 17.3. The molecule has 0 heterocycles. The molecular weight excluding hydrogens is 335 g/mol. The number of halogens is 2. The fraction of sp³-hybridized carbons (Fsp3) is 0.176. The van der Waals surface area contributed by atoms with Crippen LogP contribution < -0.4 is 10.6 Å². The van der Waals surface area contributed by atoms with E-state index >= 15 is 0 Å². The third kappa shape index (κ3) is 4.71. The van der Waals surface area contributed by atoms with Crippen molar-refractivity contribution in [3.8, 4) is 0 Å². The first-order chi connectivity index (χ1) is 11.0. The van der Waals surface area contributed by atoms with Gasteiger partial charge in [0.2, 0.25) is 0 Å². The first-order valence-corrected chi connectivity index (χ1v) is 7.82. The van der Waals surface area contributed by atoms with E-state index in [0.717, 1.165) is 0 Å². The fourth-order valence-electron chi connectivity index (χ4n) is 1.98. The van der Waals surface area contributed by atoms with Gasteiger partial charge in [0, 0.05) is 12.6 Å². The molecule has 4 nitrogen and oxygen atoms in total. The molecule has 6 heteroatoms. The van der Waals surface area contributed by atoms with Gasteiger partial charge in [0.25, 0.3) is 11.8 Å². The average molecular weight is 351 g/mol. The summed E-state index contributed by atoms with van der Waals surface area (Å²) < 4.78 is 0. The van der Waals surface area contributed by atoms with Crippen LogP contribution in [0.15, 0.2) is 48.5 Å². The Bertz CT molecular complexity index is 719. The molecule has 0 aliphatic rings. The van der Waals surface area contributed by atoms with Crippen LogP contribution in [0.4, 0.5) is 0 Å². The second-order valence-electron chi connectivity index (χ2n) is 5.04. The van der Waals surface area contributed by atoms with Crippen LogP contribution in [0.5, 0.6) is 0 Å². The largest absolute Gasteiger partial charge is 0.350 e. The van der Waals surface area contributed by atoms with E-state index in [0.29, 0.717) is 21.2 Å². The zero-order chi connectivity index (χ0) is 16.8. The molecule has 0 fully saturated rings. The Morgan fingerprint density at radius 3 is 1.91 bits per heavy atom. The van der Waals surface area contributed by atoms with E-state index in [2.05, 4.69) is 10.6 Å². The van der Waals surface area contributed by atoms with Gasteiger partial charge in [-0.05, 0) is 31.2 Å². The summed E-state index contributed by atoms with van der Waals surface area (Å²) in [5.41, 5.74) is 0.803. The number of rotatable bonds is 5. The quantitative estimate of drug-likeness (QED) is 0.866. The molecular formula is C17H16Cl2N2O2. The summed E-state index contributed by atoms with van der Waals surface area (Å²) in [6.45, 7) is 2.07. The van der Waals surface area contributed by atoms with Gasteiger partial charge in [-0.1, -0.05) is 47.5 Å². The smallest absolute Gasteiger partial charge is 0.253 e. The molecule has 0 saturated heterocycles. The fourth-order valence-corrected chi connectivity index (χ4v) is 2.43. The Morgan fingerprint density at radius 1 is 0.913 bits per heavy atom. The number of nitrogens with one attached hydrogen (secondary N) is 2. The third-order valence-corrected chi connectivity index (χ3v) is 3.84. The molecule has 2 amide bonds. The molecule has 2 N–H and O–H groups in total. The maximum absolute atomic E-state index is 12.1. The van der Waals surface area contributed by atoms with Gasteiger partial charge in [-0.25, -0.2) is 0 Å². The number of amides is 2. The zero-order valence-electron chi connectivity index (χ0n) is 12.5. The Morgan fingerprint density at radius 2 is 1.39 bits per heavy atom. The Labute approximate surface area is 144 Å². The van der Waals surface area contributed by atoms with Crippen molar-refractivity contribution < 1.29 is 9.59 Å². The summed E-state index contributed by atoms with van der Waals surface area (Å²) in [6, 6.07) is 13.3. The first-order valence-electron chi connectivity index (χ1n) is 7.07. The minimum atomic E-state index is -0.283. The van der Waals surface area contributed by atoms with E-state index in [9.17, 15) is 9.59 Å². The Balaban J connectivity index is 1.89. The third-order valence-electron chi connectivity index (χ3n) is 3.18. The second-order valence-corrected chi connectivity index (χ2v) is 5.86. The molecule has 0 radical (unpaired) electrons. The SMILES string of the molecule is C[C@H](CNC(=O)c1ccccc1Cl)NC(=O)c1ccccc1Cl. The number of carbonyl (C=O) groups excluding carboxylic acids is 2. The summed E-state index contributed by atoms with van der Waals surface area (Å²) >= 11 is 12.0. The summed E-state index contributed by atoms with van der Waals surface area (Å²) in [6.07, 6.45) is 0. The van der Waals surface area contributed by atoms with E-state index in [-0.39, 0.29) is 24.4 Å². The Hall–Kier alpha value is -2.04. The summed E-state index contributed by atoms with van der Waals surface area (Å²) in [4.78, 5) is 24.2. The molecule has 2 aromatic rings. The monoisotopic (exact) mass is 350 g/mol. The van der Waals surface area contributed by atoms with E-state index in [4.69, 9.17) is 23.2 Å². The van der Waals surface area contributed by atoms with Gasteiger partial charge in [0.05, 0.1) is 21.2 Å². The van der Waals surface area contributed by atoms with Crippen molar-refractivity contribution >= 4 is 35.0 Å². The van der Waals surface area contributed by atoms with Crippen LogP contribution in [-0.2, 0) is 0 Å². The number of carbonyl (C=O) groups is 2. The molecule has 0 saturated carbocycles. The predicted octanol–water partition coefficient (Wildman–Crippen LogP) is 3.54. The van der Waals surface area contributed by atoms with E-state index in [1.54, 1.807) is 55.5 Å². The normalized spacial score (nSPS) is 11.6. The van der Waals surface area contributed by atoms with Gasteiger partial charge in [-0.2, -0.15) is 0 Å². The highest BCUT2D eigenvalue weighted by atomic mass is 35.5. The van der Waals surface area contributed by atoms with Crippen molar-refractivity contribution in [2.24, 2.45) is 0 Å². The summed E-state index contributed by atoms with van der Waals surface area (Å²) in [5.74, 6) is -0.565. The van der Waals surface area contributed by atoms with E-state index < -0.39 is 0 Å². The second kappa shape index (κ2) is 7.99. The number of hydrogen-bond donors (Lipinski definition) is 2. The van der Waals surface area contributed by atoms with Crippen molar-refractivity contribution in [3.63, 3.8) is 0 Å². The van der Waals surface area contributed by atoms with Crippen LogP contribution in [0.25, 0.3) is 0 Å². The van der Waals surface area contributed by atoms with Gasteiger partial charge in [-0.15, -0.1) is 0 Å². The highest BCUT2D eigenvalue weighted by Gasteiger charge is 2.14. The molecule has 120 valence electrons. The van der Waals surface area contributed by atoms with Gasteiger partial charge in [0.1, 0.15) is 0 Å². The van der Waals surface area contributed by atoms with Crippen molar-refractivity contribution in [2.75, 3.05) is 6.54 Å². The van der Waals surface area contributed by atoms with Crippen LogP contribution >= 0.6 is 23.2 Å². The van der Waals surface area contributed by atoms with E-state index in [1.165, 1.54) is 0 Å². The lowest BCUT2D eigenvalue weighted by atomic mass is 10.2. The highest BCUT2D eigenvalue weighted by molar-refractivity contribution is 6.34. The molecule has 2 aromatic carbocycles. The number of benzene rings is 2. The maximum atomic E-state index is 12.1. The van der Waals surface area contributed by atoms with Crippen molar-refractivity contribution in [3.05, 3.63) is 69.7 Å². The lowest BCUT2D eigenvalue weighted by Gasteiger charge is -2.15. The van der Waals surface area contributed by atoms with Crippen LogP contribution in [0.3, 0.4) is 0 Å². The molecule has 0 bridgehead atoms. The predicted molar refractivity (Wildman–Crippen MR) is 92.2 cm³/mol. The average Bonchev–Trinajstić information content (AvgIpc) is 2.53. The molecule has 0 aromatic heterocycles. The summed E-state index contributed by atoms with van der Waals surface area (Å²) in [5, 5.41) is 6.30. The number of hydrogen-bond acceptors (Lipinski definition) is 2. The van der Waals surface area contributed by atoms with Crippen LogP contribution in [0, 0.1) is 0 Å². The highest BCUT2D eigenvalue weighted by Crippen LogP contribution is 2.15. The lowest BCUT2D eigenvalue weighted by molar-refractivity contribution is 0.0912. The van der Waals surface area contributed by atoms with Crippen LogP contribution in [0.2, 0.25) is 10.0 Å². The molecule has 0 spiro atoms. The van der Waals surface area contributed by atoms with Gasteiger partial charge >= 0.3 is 0 Å². The maximum Gasteiger partial charge on any atom is 0.253 e. The minimum absolute atomic E-state index is 0.259. The minimum Gasteiger partial charge on any atom is -0.350 e. The van der Waals surface area contributed by atoms with Crippen molar-refractivity contribution in [1.82, 2.24) is 10.6 Å². The zero-order valence-corrected chi connectivity index (χ0v) is 14.0. The molecule has 0 aliphatic carbocycles. The van der Waals surface area contributed by atoms with E-state index in [1.807, 2.05) is 0 Å². The lowest BCUT2D eigenvalue weighted by Crippen LogP contribution is -2.41. The van der Waals surface area contributed by atoms with Crippen molar-refractivity contribution in [2.45, 2.75) is 13.0 Å². The molecule has 0 aliphatic heterocycles.